The van der Waals surface area contributed by atoms with Crippen molar-refractivity contribution in [2.24, 2.45) is 0 Å². The molecule has 3 heterocycles. The monoisotopic (exact) mass is 415 g/mol. The van der Waals surface area contributed by atoms with Gasteiger partial charge in [0.05, 0.1) is 18.3 Å². The van der Waals surface area contributed by atoms with E-state index in [2.05, 4.69) is 20.6 Å². The molecule has 0 spiro atoms. The zero-order valence-corrected chi connectivity index (χ0v) is 17.3. The van der Waals surface area contributed by atoms with Crippen molar-refractivity contribution in [3.63, 3.8) is 0 Å². The van der Waals surface area contributed by atoms with Crippen LogP contribution < -0.4 is 10.6 Å². The van der Waals surface area contributed by atoms with E-state index >= 15 is 0 Å². The van der Waals surface area contributed by atoms with Crippen molar-refractivity contribution in [1.82, 2.24) is 20.2 Å². The normalized spacial score (nSPS) is 18.1. The maximum absolute atomic E-state index is 12.8. The van der Waals surface area contributed by atoms with Crippen LogP contribution in [0, 0.1) is 0 Å². The molecule has 0 aliphatic carbocycles. The third-order valence-electron chi connectivity index (χ3n) is 5.50. The molecule has 2 amide bonds. The average Bonchev–Trinajstić information content (AvgIpc) is 2.74. The van der Waals surface area contributed by atoms with Gasteiger partial charge in [-0.15, -0.1) is 0 Å². The molecule has 0 bridgehead atoms. The number of rotatable bonds is 4. The molecule has 0 saturated carbocycles. The van der Waals surface area contributed by atoms with Crippen LogP contribution in [0.5, 0.6) is 0 Å². The lowest BCUT2D eigenvalue weighted by molar-refractivity contribution is 0.0903. The Labute approximate surface area is 175 Å². The molecule has 0 radical (unpaired) electrons. The predicted molar refractivity (Wildman–Crippen MR) is 112 cm³/mol. The molecule has 2 aliphatic heterocycles. The largest absolute Gasteiger partial charge is 0.381 e. The van der Waals surface area contributed by atoms with Gasteiger partial charge in [0.25, 0.3) is 0 Å². The summed E-state index contributed by atoms with van der Waals surface area (Å²) < 4.78 is 5.40. The average molecular weight is 416 g/mol. The predicted octanol–water partition coefficient (Wildman–Crippen LogP) is 3.55. The van der Waals surface area contributed by atoms with Gasteiger partial charge >= 0.3 is 6.03 Å². The summed E-state index contributed by atoms with van der Waals surface area (Å²) in [4.78, 5) is 23.7. The second kappa shape index (κ2) is 8.97. The van der Waals surface area contributed by atoms with Crippen molar-refractivity contribution in [1.29, 1.82) is 0 Å². The summed E-state index contributed by atoms with van der Waals surface area (Å²) in [7, 11) is 0. The van der Waals surface area contributed by atoms with Crippen LogP contribution in [0.2, 0.25) is 5.02 Å². The number of amides is 2. The van der Waals surface area contributed by atoms with Gasteiger partial charge in [-0.2, -0.15) is 0 Å². The quantitative estimate of drug-likeness (QED) is 0.798. The molecule has 8 heteroatoms. The fraction of sp³-hybridized carbons (Fsp3) is 0.476. The number of carbonyl (C=O) groups excluding carboxylic acids is 1. The van der Waals surface area contributed by atoms with E-state index in [-0.39, 0.29) is 12.1 Å². The Morgan fingerprint density at radius 3 is 2.79 bits per heavy atom. The Balaban J connectivity index is 1.38. The van der Waals surface area contributed by atoms with Gasteiger partial charge in [-0.05, 0) is 49.4 Å². The Morgan fingerprint density at radius 2 is 2.03 bits per heavy atom. The third-order valence-corrected chi connectivity index (χ3v) is 5.75. The zero-order valence-electron chi connectivity index (χ0n) is 16.5. The molecule has 7 nitrogen and oxygen atoms in total. The highest BCUT2D eigenvalue weighted by molar-refractivity contribution is 6.30. The molecule has 1 saturated heterocycles. The van der Waals surface area contributed by atoms with Crippen molar-refractivity contribution >= 4 is 23.6 Å². The number of hydrogen-bond donors (Lipinski definition) is 2. The summed E-state index contributed by atoms with van der Waals surface area (Å²) in [5.74, 6) is 0.632. The molecule has 1 aromatic heterocycles. The molecular formula is C21H26ClN5O2. The van der Waals surface area contributed by atoms with E-state index in [4.69, 9.17) is 16.3 Å². The van der Waals surface area contributed by atoms with E-state index < -0.39 is 0 Å². The first kappa shape index (κ1) is 19.9. The highest BCUT2D eigenvalue weighted by atomic mass is 35.5. The van der Waals surface area contributed by atoms with E-state index in [0.717, 1.165) is 49.3 Å². The number of ether oxygens (including phenoxy) is 1. The van der Waals surface area contributed by atoms with E-state index in [1.807, 2.05) is 37.4 Å². The fourth-order valence-corrected chi connectivity index (χ4v) is 3.81. The minimum Gasteiger partial charge on any atom is -0.381 e. The molecule has 0 unspecified atom stereocenters. The van der Waals surface area contributed by atoms with E-state index in [1.54, 1.807) is 4.90 Å². The van der Waals surface area contributed by atoms with Crippen molar-refractivity contribution in [3.05, 3.63) is 52.3 Å². The van der Waals surface area contributed by atoms with E-state index in [1.165, 1.54) is 0 Å². The highest BCUT2D eigenvalue weighted by Crippen LogP contribution is 2.21. The molecule has 2 aromatic rings. The molecule has 2 N–H and O–H groups in total. The lowest BCUT2D eigenvalue weighted by Gasteiger charge is -2.30. The zero-order chi connectivity index (χ0) is 20.2. The topological polar surface area (TPSA) is 79.4 Å². The minimum atomic E-state index is -0.0997. The number of halogens is 1. The number of aromatic nitrogens is 2. The van der Waals surface area contributed by atoms with Crippen molar-refractivity contribution < 1.29 is 9.53 Å². The molecule has 2 aliphatic rings. The summed E-state index contributed by atoms with van der Waals surface area (Å²) in [6.45, 7) is 4.64. The molecule has 154 valence electrons. The number of nitrogens with one attached hydrogen (secondary N) is 2. The highest BCUT2D eigenvalue weighted by Gasteiger charge is 2.24. The van der Waals surface area contributed by atoms with Crippen LogP contribution in [-0.2, 0) is 17.7 Å². The van der Waals surface area contributed by atoms with Crippen molar-refractivity contribution in [2.45, 2.75) is 44.8 Å². The second-order valence-electron chi connectivity index (χ2n) is 7.59. The lowest BCUT2D eigenvalue weighted by Crippen LogP contribution is -2.44. The first-order chi connectivity index (χ1) is 14.1. The number of urea groups is 1. The van der Waals surface area contributed by atoms with Crippen LogP contribution in [-0.4, -0.2) is 46.7 Å². The van der Waals surface area contributed by atoms with E-state index in [9.17, 15) is 4.79 Å². The van der Waals surface area contributed by atoms with Gasteiger partial charge in [0.15, 0.2) is 0 Å². The first-order valence-corrected chi connectivity index (χ1v) is 10.5. The third kappa shape index (κ3) is 4.97. The van der Waals surface area contributed by atoms with Crippen molar-refractivity contribution in [3.8, 4) is 0 Å². The van der Waals surface area contributed by atoms with Crippen LogP contribution in [0.15, 0.2) is 30.5 Å². The Hall–Kier alpha value is -2.38. The molecule has 29 heavy (non-hydrogen) atoms. The second-order valence-corrected chi connectivity index (χ2v) is 8.03. The summed E-state index contributed by atoms with van der Waals surface area (Å²) in [5.41, 5.74) is 3.04. The summed E-state index contributed by atoms with van der Waals surface area (Å²) in [6.07, 6.45) is 4.56. The first-order valence-electron chi connectivity index (χ1n) is 10.1. The van der Waals surface area contributed by atoms with E-state index in [0.29, 0.717) is 30.1 Å². The SMILES string of the molecule is C[C@@H](NC(=O)N1CCc2cnc(NC3CCOCC3)nc2C1)c1ccc(Cl)cc1. The standard InChI is InChI=1S/C21H26ClN5O2/c1-14(15-2-4-17(22)5-3-15)24-21(28)27-9-6-16-12-23-20(26-19(16)13-27)25-18-7-10-29-11-8-18/h2-5,12,14,18H,6-11,13H2,1H3,(H,24,28)(H,23,25,26)/t14-/m1/s1. The summed E-state index contributed by atoms with van der Waals surface area (Å²) in [5, 5.41) is 7.15. The number of anilines is 1. The Bertz CT molecular complexity index is 855. The maximum Gasteiger partial charge on any atom is 0.318 e. The smallest absolute Gasteiger partial charge is 0.318 e. The van der Waals surface area contributed by atoms with Crippen LogP contribution in [0.1, 0.15) is 42.6 Å². The Morgan fingerprint density at radius 1 is 1.28 bits per heavy atom. The summed E-state index contributed by atoms with van der Waals surface area (Å²) >= 11 is 5.95. The van der Waals surface area contributed by atoms with Crippen molar-refractivity contribution in [2.75, 3.05) is 25.1 Å². The van der Waals surface area contributed by atoms with Crippen LogP contribution in [0.3, 0.4) is 0 Å². The van der Waals surface area contributed by atoms with Gasteiger partial charge in [-0.1, -0.05) is 23.7 Å². The van der Waals surface area contributed by atoms with Gasteiger partial charge in [0, 0.05) is 37.0 Å². The van der Waals surface area contributed by atoms with Crippen LogP contribution in [0.25, 0.3) is 0 Å². The van der Waals surface area contributed by atoms with Gasteiger partial charge < -0.3 is 20.3 Å². The van der Waals surface area contributed by atoms with Crippen LogP contribution >= 0.6 is 11.6 Å². The molecule has 4 rings (SSSR count). The molecule has 1 aromatic carbocycles. The van der Waals surface area contributed by atoms with Crippen LogP contribution in [0.4, 0.5) is 10.7 Å². The summed E-state index contributed by atoms with van der Waals surface area (Å²) in [6, 6.07) is 7.68. The number of fused-ring (bicyclic) bond motifs is 1. The van der Waals surface area contributed by atoms with Gasteiger partial charge in [0.1, 0.15) is 0 Å². The van der Waals surface area contributed by atoms with Gasteiger partial charge in [-0.3, -0.25) is 0 Å². The van der Waals surface area contributed by atoms with Gasteiger partial charge in [-0.25, -0.2) is 14.8 Å². The molecule has 1 fully saturated rings. The Kier molecular flexibility index (Phi) is 6.16. The number of nitrogens with zero attached hydrogens (tertiary/aromatic N) is 3. The number of benzene rings is 1. The van der Waals surface area contributed by atoms with Gasteiger partial charge in [0.2, 0.25) is 5.95 Å². The molecule has 1 atom stereocenters. The minimum absolute atomic E-state index is 0.0874. The number of carbonyl (C=O) groups is 1. The fourth-order valence-electron chi connectivity index (χ4n) is 3.68. The lowest BCUT2D eigenvalue weighted by atomic mass is 10.1. The maximum atomic E-state index is 12.8. The molecular weight excluding hydrogens is 390 g/mol. The number of hydrogen-bond acceptors (Lipinski definition) is 5.